The zero-order valence-electron chi connectivity index (χ0n) is 15.9. The summed E-state index contributed by atoms with van der Waals surface area (Å²) in [6, 6.07) is 8.03. The van der Waals surface area contributed by atoms with Gasteiger partial charge in [0.1, 0.15) is 0 Å². The van der Waals surface area contributed by atoms with Gasteiger partial charge in [-0.2, -0.15) is 0 Å². The summed E-state index contributed by atoms with van der Waals surface area (Å²) in [6.07, 6.45) is 5.75. The predicted molar refractivity (Wildman–Crippen MR) is 105 cm³/mol. The number of carbonyl (C=O) groups excluding carboxylic acids is 1. The van der Waals surface area contributed by atoms with Gasteiger partial charge in [-0.1, -0.05) is 30.8 Å². The van der Waals surface area contributed by atoms with Crippen LogP contribution in [-0.4, -0.2) is 47.9 Å². The van der Waals surface area contributed by atoms with Crippen molar-refractivity contribution in [2.75, 3.05) is 12.8 Å². The molecular formula is C19H24N6OS. The maximum absolute atomic E-state index is 13.2. The molecule has 2 aromatic heterocycles. The number of benzene rings is 1. The summed E-state index contributed by atoms with van der Waals surface area (Å²) in [5.41, 5.74) is 2.02. The molecule has 3 aromatic rings. The van der Waals surface area contributed by atoms with Crippen molar-refractivity contribution in [1.82, 2.24) is 29.2 Å². The number of amides is 1. The van der Waals surface area contributed by atoms with Crippen molar-refractivity contribution >= 4 is 28.7 Å². The van der Waals surface area contributed by atoms with Crippen LogP contribution in [0.4, 0.5) is 0 Å². The number of nitrogens with zero attached hydrogens (tertiary/aromatic N) is 6. The Bertz CT molecular complexity index is 964. The van der Waals surface area contributed by atoms with Gasteiger partial charge in [-0.25, -0.2) is 4.98 Å². The first-order valence-electron chi connectivity index (χ1n) is 9.23. The third-order valence-corrected chi connectivity index (χ3v) is 6.03. The van der Waals surface area contributed by atoms with Gasteiger partial charge < -0.3 is 14.0 Å². The summed E-state index contributed by atoms with van der Waals surface area (Å²) in [5.74, 6) is 0.922. The van der Waals surface area contributed by atoms with E-state index in [0.29, 0.717) is 6.54 Å². The molecule has 0 unspecified atom stereocenters. The zero-order chi connectivity index (χ0) is 19.0. The highest BCUT2D eigenvalue weighted by atomic mass is 32.2. The van der Waals surface area contributed by atoms with Crippen molar-refractivity contribution in [3.8, 4) is 0 Å². The summed E-state index contributed by atoms with van der Waals surface area (Å²) in [6.45, 7) is 3.40. The molecule has 1 amide bonds. The molecule has 1 fully saturated rings. The lowest BCUT2D eigenvalue weighted by atomic mass is 10.1. The standard InChI is InChI=1S/C19H24N6OS/c1-13(11-24-12-20-14-7-4-5-8-15(14)24)18(26)25-10-6-9-16(25)17-21-22-19(27-3)23(17)2/h4-5,7-8,12-13,16H,6,9-11H2,1-3H3/t13-,16-/m1/s1. The molecule has 7 nitrogen and oxygen atoms in total. The van der Waals surface area contributed by atoms with Crippen LogP contribution in [0.15, 0.2) is 35.7 Å². The molecule has 1 aliphatic rings. The molecule has 0 N–H and O–H groups in total. The number of hydrogen-bond acceptors (Lipinski definition) is 5. The van der Waals surface area contributed by atoms with E-state index in [-0.39, 0.29) is 17.9 Å². The molecular weight excluding hydrogens is 360 g/mol. The van der Waals surface area contributed by atoms with Gasteiger partial charge in [0.25, 0.3) is 0 Å². The van der Waals surface area contributed by atoms with Gasteiger partial charge >= 0.3 is 0 Å². The predicted octanol–water partition coefficient (Wildman–Crippen LogP) is 2.89. The Balaban J connectivity index is 1.53. The highest BCUT2D eigenvalue weighted by Gasteiger charge is 2.35. The molecule has 1 aromatic carbocycles. The molecule has 0 radical (unpaired) electrons. The van der Waals surface area contributed by atoms with E-state index in [2.05, 4.69) is 19.7 Å². The minimum absolute atomic E-state index is 0.0119. The molecule has 1 saturated heterocycles. The van der Waals surface area contributed by atoms with Crippen molar-refractivity contribution < 1.29 is 4.79 Å². The third-order valence-electron chi connectivity index (χ3n) is 5.30. The fraction of sp³-hybridized carbons (Fsp3) is 0.474. The van der Waals surface area contributed by atoms with Crippen LogP contribution in [0.3, 0.4) is 0 Å². The van der Waals surface area contributed by atoms with Crippen LogP contribution in [0.5, 0.6) is 0 Å². The number of hydrogen-bond donors (Lipinski definition) is 0. The number of carbonyl (C=O) groups is 1. The minimum Gasteiger partial charge on any atom is -0.332 e. The fourth-order valence-corrected chi connectivity index (χ4v) is 4.39. The van der Waals surface area contributed by atoms with Gasteiger partial charge in [-0.3, -0.25) is 4.79 Å². The van der Waals surface area contributed by atoms with E-state index in [4.69, 9.17) is 0 Å². The summed E-state index contributed by atoms with van der Waals surface area (Å²) in [7, 11) is 1.98. The first-order valence-corrected chi connectivity index (χ1v) is 10.5. The Morgan fingerprint density at radius 3 is 2.93 bits per heavy atom. The van der Waals surface area contributed by atoms with E-state index in [1.54, 1.807) is 11.8 Å². The zero-order valence-corrected chi connectivity index (χ0v) is 16.7. The monoisotopic (exact) mass is 384 g/mol. The van der Waals surface area contributed by atoms with Crippen LogP contribution in [-0.2, 0) is 18.4 Å². The molecule has 2 atom stereocenters. The lowest BCUT2D eigenvalue weighted by Crippen LogP contribution is -2.37. The Morgan fingerprint density at radius 2 is 2.15 bits per heavy atom. The first-order chi connectivity index (χ1) is 13.1. The van der Waals surface area contributed by atoms with E-state index >= 15 is 0 Å². The van der Waals surface area contributed by atoms with Crippen molar-refractivity contribution in [3.05, 3.63) is 36.4 Å². The van der Waals surface area contributed by atoms with Gasteiger partial charge in [0.2, 0.25) is 5.91 Å². The smallest absolute Gasteiger partial charge is 0.227 e. The number of para-hydroxylation sites is 2. The number of likely N-dealkylation sites (tertiary alicyclic amines) is 1. The summed E-state index contributed by atoms with van der Waals surface area (Å²) < 4.78 is 4.08. The third kappa shape index (κ3) is 3.22. The largest absolute Gasteiger partial charge is 0.332 e. The summed E-state index contributed by atoms with van der Waals surface area (Å²) in [5, 5.41) is 9.48. The molecule has 1 aliphatic heterocycles. The quantitative estimate of drug-likeness (QED) is 0.633. The molecule has 0 bridgehead atoms. The van der Waals surface area contributed by atoms with Crippen LogP contribution in [0.1, 0.15) is 31.6 Å². The van der Waals surface area contributed by atoms with E-state index in [1.165, 1.54) is 0 Å². The Morgan fingerprint density at radius 1 is 1.33 bits per heavy atom. The second-order valence-corrected chi connectivity index (χ2v) is 7.85. The number of fused-ring (bicyclic) bond motifs is 1. The van der Waals surface area contributed by atoms with E-state index in [9.17, 15) is 4.79 Å². The fourth-order valence-electron chi connectivity index (χ4n) is 3.91. The van der Waals surface area contributed by atoms with Crippen LogP contribution in [0.25, 0.3) is 11.0 Å². The van der Waals surface area contributed by atoms with Crippen LogP contribution >= 0.6 is 11.8 Å². The highest BCUT2D eigenvalue weighted by molar-refractivity contribution is 7.98. The molecule has 0 aliphatic carbocycles. The van der Waals surface area contributed by atoms with E-state index < -0.39 is 0 Å². The SMILES string of the molecule is CSc1nnc([C@H]2CCCN2C(=O)[C@H](C)Cn2cnc3ccccc32)n1C. The highest BCUT2D eigenvalue weighted by Crippen LogP contribution is 2.33. The normalized spacial score (nSPS) is 18.3. The maximum Gasteiger partial charge on any atom is 0.227 e. The Hall–Kier alpha value is -2.35. The van der Waals surface area contributed by atoms with Gasteiger partial charge in [0.05, 0.1) is 29.3 Å². The molecule has 142 valence electrons. The number of rotatable bonds is 5. The average Bonchev–Trinajstić information content (AvgIpc) is 3.39. The summed E-state index contributed by atoms with van der Waals surface area (Å²) in [4.78, 5) is 19.6. The maximum atomic E-state index is 13.2. The van der Waals surface area contributed by atoms with Crippen molar-refractivity contribution in [2.45, 2.75) is 37.5 Å². The van der Waals surface area contributed by atoms with Crippen molar-refractivity contribution in [3.63, 3.8) is 0 Å². The van der Waals surface area contributed by atoms with E-state index in [0.717, 1.165) is 41.4 Å². The molecule has 3 heterocycles. The number of aromatic nitrogens is 5. The lowest BCUT2D eigenvalue weighted by molar-refractivity contribution is -0.136. The van der Waals surface area contributed by atoms with Crippen molar-refractivity contribution in [2.24, 2.45) is 13.0 Å². The van der Waals surface area contributed by atoms with Crippen LogP contribution in [0.2, 0.25) is 0 Å². The van der Waals surface area contributed by atoms with E-state index in [1.807, 2.05) is 60.3 Å². The second kappa shape index (κ2) is 7.34. The molecule has 4 rings (SSSR count). The van der Waals surface area contributed by atoms with Gasteiger partial charge in [0, 0.05) is 20.1 Å². The Labute approximate surface area is 162 Å². The molecule has 27 heavy (non-hydrogen) atoms. The van der Waals surface area contributed by atoms with Gasteiger partial charge in [0.15, 0.2) is 11.0 Å². The first kappa shape index (κ1) is 18.0. The number of thioether (sulfide) groups is 1. The molecule has 0 saturated carbocycles. The lowest BCUT2D eigenvalue weighted by Gasteiger charge is -2.27. The van der Waals surface area contributed by atoms with Gasteiger partial charge in [-0.15, -0.1) is 10.2 Å². The average molecular weight is 385 g/mol. The second-order valence-electron chi connectivity index (χ2n) is 7.08. The van der Waals surface area contributed by atoms with Crippen LogP contribution in [0, 0.1) is 5.92 Å². The Kier molecular flexibility index (Phi) is 4.90. The molecule has 8 heteroatoms. The number of imidazole rings is 1. The van der Waals surface area contributed by atoms with Crippen LogP contribution < -0.4 is 0 Å². The topological polar surface area (TPSA) is 68.8 Å². The summed E-state index contributed by atoms with van der Waals surface area (Å²) >= 11 is 1.57. The minimum atomic E-state index is -0.128. The van der Waals surface area contributed by atoms with Gasteiger partial charge in [-0.05, 0) is 31.2 Å². The molecule has 0 spiro atoms. The van der Waals surface area contributed by atoms with Crippen molar-refractivity contribution in [1.29, 1.82) is 0 Å².